The first kappa shape index (κ1) is 16.0. The Hall–Kier alpha value is -2.06. The quantitative estimate of drug-likeness (QED) is 0.383. The second-order valence-corrected chi connectivity index (χ2v) is 4.23. The van der Waals surface area contributed by atoms with Gasteiger partial charge >= 0.3 is 0 Å². The van der Waals surface area contributed by atoms with Crippen molar-refractivity contribution in [2.75, 3.05) is 19.6 Å². The fourth-order valence-electron chi connectivity index (χ4n) is 1.52. The standard InChI is InChI=1S/C12H16FN3O4/c1-8(17)7-14-4-5-15-12(18)10-3-2-9(13)6-11(10)16(19)20/h2-3,6,8,14,17H,4-5,7H2,1H3,(H,15,18). The molecule has 8 heteroatoms. The van der Waals surface area contributed by atoms with Gasteiger partial charge in [-0.05, 0) is 19.1 Å². The summed E-state index contributed by atoms with van der Waals surface area (Å²) in [4.78, 5) is 21.7. The Kier molecular flexibility index (Phi) is 6.01. The zero-order valence-electron chi connectivity index (χ0n) is 10.9. The number of benzene rings is 1. The van der Waals surface area contributed by atoms with Crippen LogP contribution in [-0.4, -0.2) is 41.7 Å². The largest absolute Gasteiger partial charge is 0.392 e. The van der Waals surface area contributed by atoms with Crippen LogP contribution in [0.1, 0.15) is 17.3 Å². The van der Waals surface area contributed by atoms with Crippen molar-refractivity contribution in [2.24, 2.45) is 0 Å². The molecule has 7 nitrogen and oxygen atoms in total. The van der Waals surface area contributed by atoms with Crippen molar-refractivity contribution in [1.82, 2.24) is 10.6 Å². The van der Waals surface area contributed by atoms with E-state index in [0.29, 0.717) is 19.2 Å². The average Bonchev–Trinajstić information content (AvgIpc) is 2.37. The third-order valence-electron chi connectivity index (χ3n) is 2.43. The fourth-order valence-corrected chi connectivity index (χ4v) is 1.52. The van der Waals surface area contributed by atoms with Crippen LogP contribution in [0.2, 0.25) is 0 Å². The molecular weight excluding hydrogens is 269 g/mol. The SMILES string of the molecule is CC(O)CNCCNC(=O)c1ccc(F)cc1[N+](=O)[O-]. The lowest BCUT2D eigenvalue weighted by molar-refractivity contribution is -0.385. The monoisotopic (exact) mass is 285 g/mol. The minimum absolute atomic E-state index is 0.188. The van der Waals surface area contributed by atoms with Gasteiger partial charge in [-0.15, -0.1) is 0 Å². The molecular formula is C12H16FN3O4. The van der Waals surface area contributed by atoms with Crippen molar-refractivity contribution in [3.63, 3.8) is 0 Å². The van der Waals surface area contributed by atoms with Crippen LogP contribution in [0.25, 0.3) is 0 Å². The maximum absolute atomic E-state index is 12.9. The predicted molar refractivity (Wildman–Crippen MR) is 69.9 cm³/mol. The maximum atomic E-state index is 12.9. The van der Waals surface area contributed by atoms with E-state index in [4.69, 9.17) is 5.11 Å². The topological polar surface area (TPSA) is 104 Å². The normalized spacial score (nSPS) is 11.9. The number of hydrogen-bond donors (Lipinski definition) is 3. The summed E-state index contributed by atoms with van der Waals surface area (Å²) in [6.07, 6.45) is -0.496. The molecule has 0 aliphatic rings. The molecule has 1 aromatic carbocycles. The number of rotatable bonds is 7. The van der Waals surface area contributed by atoms with Crippen molar-refractivity contribution in [2.45, 2.75) is 13.0 Å². The molecule has 1 aromatic rings. The summed E-state index contributed by atoms with van der Waals surface area (Å²) < 4.78 is 12.9. The number of hydrogen-bond acceptors (Lipinski definition) is 5. The molecule has 1 atom stereocenters. The van der Waals surface area contributed by atoms with Crippen molar-refractivity contribution in [1.29, 1.82) is 0 Å². The van der Waals surface area contributed by atoms with Crippen LogP contribution in [0, 0.1) is 15.9 Å². The molecule has 20 heavy (non-hydrogen) atoms. The van der Waals surface area contributed by atoms with E-state index in [9.17, 15) is 19.3 Å². The molecule has 110 valence electrons. The van der Waals surface area contributed by atoms with Gasteiger partial charge in [-0.25, -0.2) is 4.39 Å². The van der Waals surface area contributed by atoms with Crippen LogP contribution in [0.15, 0.2) is 18.2 Å². The van der Waals surface area contributed by atoms with Gasteiger partial charge in [0.25, 0.3) is 11.6 Å². The van der Waals surface area contributed by atoms with Gasteiger partial charge in [-0.2, -0.15) is 0 Å². The number of nitro groups is 1. The Bertz CT molecular complexity index is 494. The minimum atomic E-state index is -0.802. The third kappa shape index (κ3) is 4.90. The number of carbonyl (C=O) groups is 1. The van der Waals surface area contributed by atoms with Gasteiger partial charge in [0, 0.05) is 19.6 Å². The van der Waals surface area contributed by atoms with Crippen molar-refractivity contribution >= 4 is 11.6 Å². The van der Waals surface area contributed by atoms with Gasteiger partial charge in [0.05, 0.1) is 17.1 Å². The lowest BCUT2D eigenvalue weighted by atomic mass is 10.1. The zero-order chi connectivity index (χ0) is 15.1. The van der Waals surface area contributed by atoms with Crippen LogP contribution in [0.4, 0.5) is 10.1 Å². The van der Waals surface area contributed by atoms with Gasteiger partial charge < -0.3 is 15.7 Å². The predicted octanol–water partition coefficient (Wildman–Crippen LogP) is 0.434. The first-order valence-corrected chi connectivity index (χ1v) is 6.02. The Balaban J connectivity index is 2.57. The molecule has 0 bridgehead atoms. The number of aliphatic hydroxyl groups excluding tert-OH is 1. The van der Waals surface area contributed by atoms with Gasteiger partial charge in [-0.3, -0.25) is 14.9 Å². The number of amides is 1. The molecule has 0 radical (unpaired) electrons. The molecule has 0 aliphatic carbocycles. The molecule has 0 fully saturated rings. The summed E-state index contributed by atoms with van der Waals surface area (Å²) in [7, 11) is 0. The number of nitrogens with zero attached hydrogens (tertiary/aromatic N) is 1. The van der Waals surface area contributed by atoms with Gasteiger partial charge in [0.2, 0.25) is 0 Å². The van der Waals surface area contributed by atoms with E-state index in [1.165, 1.54) is 0 Å². The number of halogens is 1. The molecule has 0 spiro atoms. The summed E-state index contributed by atoms with van der Waals surface area (Å²) in [6.45, 7) is 2.64. The molecule has 1 amide bonds. The van der Waals surface area contributed by atoms with Crippen LogP contribution >= 0.6 is 0 Å². The highest BCUT2D eigenvalue weighted by molar-refractivity contribution is 5.98. The first-order chi connectivity index (χ1) is 9.41. The van der Waals surface area contributed by atoms with E-state index >= 15 is 0 Å². The Labute approximate surface area is 114 Å². The van der Waals surface area contributed by atoms with E-state index in [2.05, 4.69) is 10.6 Å². The second kappa shape index (κ2) is 7.51. The number of carbonyl (C=O) groups excluding carboxylic acids is 1. The number of nitro benzene ring substituents is 1. The van der Waals surface area contributed by atoms with E-state index in [1.54, 1.807) is 6.92 Å². The van der Waals surface area contributed by atoms with Crippen LogP contribution in [0.5, 0.6) is 0 Å². The van der Waals surface area contributed by atoms with Crippen LogP contribution < -0.4 is 10.6 Å². The highest BCUT2D eigenvalue weighted by Crippen LogP contribution is 2.19. The summed E-state index contributed by atoms with van der Waals surface area (Å²) >= 11 is 0. The molecule has 1 unspecified atom stereocenters. The molecule has 0 aliphatic heterocycles. The van der Waals surface area contributed by atoms with Gasteiger partial charge in [0.1, 0.15) is 11.4 Å². The number of nitrogens with one attached hydrogen (secondary N) is 2. The molecule has 0 saturated carbocycles. The van der Waals surface area contributed by atoms with Crippen LogP contribution in [0.3, 0.4) is 0 Å². The zero-order valence-corrected chi connectivity index (χ0v) is 10.9. The second-order valence-electron chi connectivity index (χ2n) is 4.23. The molecule has 1 rings (SSSR count). The molecule has 3 N–H and O–H groups in total. The highest BCUT2D eigenvalue weighted by atomic mass is 19.1. The Morgan fingerprint density at radius 1 is 1.50 bits per heavy atom. The average molecular weight is 285 g/mol. The van der Waals surface area contributed by atoms with Crippen molar-refractivity contribution in [3.05, 3.63) is 39.7 Å². The van der Waals surface area contributed by atoms with Gasteiger partial charge in [0.15, 0.2) is 0 Å². The minimum Gasteiger partial charge on any atom is -0.392 e. The highest BCUT2D eigenvalue weighted by Gasteiger charge is 2.20. The fraction of sp³-hybridized carbons (Fsp3) is 0.417. The summed E-state index contributed by atoms with van der Waals surface area (Å²) in [5.41, 5.74) is -0.758. The van der Waals surface area contributed by atoms with Crippen molar-refractivity contribution < 1.29 is 19.2 Å². The maximum Gasteiger partial charge on any atom is 0.285 e. The lowest BCUT2D eigenvalue weighted by Gasteiger charge is -2.08. The molecule has 0 heterocycles. The van der Waals surface area contributed by atoms with Gasteiger partial charge in [-0.1, -0.05) is 0 Å². The van der Waals surface area contributed by atoms with E-state index in [1.807, 2.05) is 0 Å². The molecule has 0 saturated heterocycles. The Morgan fingerprint density at radius 2 is 2.20 bits per heavy atom. The first-order valence-electron chi connectivity index (χ1n) is 6.02. The van der Waals surface area contributed by atoms with Crippen LogP contribution in [-0.2, 0) is 0 Å². The smallest absolute Gasteiger partial charge is 0.285 e. The summed E-state index contributed by atoms with van der Waals surface area (Å²) in [6, 6.07) is 2.78. The third-order valence-corrected chi connectivity index (χ3v) is 2.43. The number of aliphatic hydroxyl groups is 1. The lowest BCUT2D eigenvalue weighted by Crippen LogP contribution is -2.34. The summed E-state index contributed by atoms with van der Waals surface area (Å²) in [5.74, 6) is -1.41. The van der Waals surface area contributed by atoms with Crippen molar-refractivity contribution in [3.8, 4) is 0 Å². The molecule has 0 aromatic heterocycles. The summed E-state index contributed by atoms with van der Waals surface area (Å²) in [5, 5.41) is 25.1. The Morgan fingerprint density at radius 3 is 2.80 bits per heavy atom. The van der Waals surface area contributed by atoms with E-state index < -0.39 is 28.4 Å². The van der Waals surface area contributed by atoms with E-state index in [0.717, 1.165) is 12.1 Å². The van der Waals surface area contributed by atoms with E-state index in [-0.39, 0.29) is 12.1 Å².